The van der Waals surface area contributed by atoms with Crippen molar-refractivity contribution in [1.29, 1.82) is 0 Å². The maximum atomic E-state index is 5.90. The number of nitrogens with zero attached hydrogens (tertiary/aromatic N) is 4. The van der Waals surface area contributed by atoms with Gasteiger partial charge in [0.25, 0.3) is 0 Å². The van der Waals surface area contributed by atoms with Crippen molar-refractivity contribution in [2.75, 3.05) is 12.4 Å². The van der Waals surface area contributed by atoms with Gasteiger partial charge >= 0.3 is 0 Å². The molecule has 1 unspecified atom stereocenters. The van der Waals surface area contributed by atoms with Gasteiger partial charge in [0.1, 0.15) is 5.82 Å². The standard InChI is InChI=1S/C22H22N4OS3/c1-2-8-16(9-3-1)26-20(15-29-22-23-18-11-4-5-12-19(18)30-22)24-25-21(26)28-14-17-10-6-7-13-27-17/h1-5,8-9,11-12,17H,6-7,10,13-15H2. The number of hydrogen-bond donors (Lipinski definition) is 0. The number of fused-ring (bicyclic) bond motifs is 1. The third-order valence-corrected chi connectivity index (χ3v) is 8.22. The second kappa shape index (κ2) is 9.51. The van der Waals surface area contributed by atoms with Crippen molar-refractivity contribution in [2.45, 2.75) is 40.6 Å². The molecule has 8 heteroatoms. The molecule has 1 fully saturated rings. The maximum absolute atomic E-state index is 5.90. The van der Waals surface area contributed by atoms with Gasteiger partial charge in [-0.3, -0.25) is 4.57 Å². The van der Waals surface area contributed by atoms with Gasteiger partial charge in [0.05, 0.1) is 22.1 Å². The molecule has 30 heavy (non-hydrogen) atoms. The van der Waals surface area contributed by atoms with Crippen LogP contribution >= 0.6 is 34.9 Å². The van der Waals surface area contributed by atoms with Crippen molar-refractivity contribution in [3.63, 3.8) is 0 Å². The van der Waals surface area contributed by atoms with Crippen LogP contribution in [0.15, 0.2) is 64.1 Å². The Hall–Kier alpha value is -1.87. The van der Waals surface area contributed by atoms with Gasteiger partial charge in [-0.1, -0.05) is 53.9 Å². The monoisotopic (exact) mass is 454 g/mol. The number of ether oxygens (including phenoxy) is 1. The molecule has 0 aliphatic carbocycles. The molecule has 1 saturated heterocycles. The Morgan fingerprint density at radius 2 is 1.87 bits per heavy atom. The van der Waals surface area contributed by atoms with Gasteiger partial charge in [0.15, 0.2) is 9.50 Å². The van der Waals surface area contributed by atoms with Crippen LogP contribution in [0.4, 0.5) is 0 Å². The normalized spacial score (nSPS) is 16.9. The fourth-order valence-corrected chi connectivity index (χ4v) is 6.49. The van der Waals surface area contributed by atoms with E-state index in [1.165, 1.54) is 17.5 Å². The zero-order valence-corrected chi connectivity index (χ0v) is 18.9. The average molecular weight is 455 g/mol. The van der Waals surface area contributed by atoms with Crippen molar-refractivity contribution in [2.24, 2.45) is 0 Å². The summed E-state index contributed by atoms with van der Waals surface area (Å²) >= 11 is 5.18. The molecule has 0 bridgehead atoms. The summed E-state index contributed by atoms with van der Waals surface area (Å²) in [5.74, 6) is 2.58. The SMILES string of the molecule is c1ccc(-n2c(CSc3nc4ccccc4s3)nnc2SCC2CCCCO2)cc1. The first-order valence-electron chi connectivity index (χ1n) is 10.1. The molecule has 5 rings (SSSR count). The minimum atomic E-state index is 0.310. The van der Waals surface area contributed by atoms with E-state index >= 15 is 0 Å². The molecule has 0 saturated carbocycles. The Bertz CT molecular complexity index is 1070. The van der Waals surface area contributed by atoms with Crippen LogP contribution in [0.5, 0.6) is 0 Å². The Kier molecular flexibility index (Phi) is 6.36. The molecule has 2 aromatic carbocycles. The molecule has 0 radical (unpaired) electrons. The third kappa shape index (κ3) is 4.56. The lowest BCUT2D eigenvalue weighted by Gasteiger charge is -2.22. The molecule has 3 heterocycles. The van der Waals surface area contributed by atoms with Crippen LogP contribution in [0, 0.1) is 0 Å². The van der Waals surface area contributed by atoms with E-state index in [2.05, 4.69) is 57.2 Å². The molecule has 4 aromatic rings. The second-order valence-corrected chi connectivity index (χ2v) is 10.3. The average Bonchev–Trinajstić information content (AvgIpc) is 3.41. The molecule has 5 nitrogen and oxygen atoms in total. The van der Waals surface area contributed by atoms with Crippen molar-refractivity contribution < 1.29 is 4.74 Å². The Labute approximate surface area is 188 Å². The van der Waals surface area contributed by atoms with Gasteiger partial charge in [-0.25, -0.2) is 4.98 Å². The minimum absolute atomic E-state index is 0.310. The topological polar surface area (TPSA) is 52.8 Å². The Morgan fingerprint density at radius 3 is 2.70 bits per heavy atom. The van der Waals surface area contributed by atoms with E-state index in [0.717, 1.165) is 51.1 Å². The van der Waals surface area contributed by atoms with E-state index in [4.69, 9.17) is 9.72 Å². The maximum Gasteiger partial charge on any atom is 0.195 e. The molecule has 154 valence electrons. The molecule has 0 N–H and O–H groups in total. The van der Waals surface area contributed by atoms with Crippen molar-refractivity contribution >= 4 is 45.1 Å². The zero-order chi connectivity index (χ0) is 20.2. The lowest BCUT2D eigenvalue weighted by molar-refractivity contribution is 0.0315. The highest BCUT2D eigenvalue weighted by Gasteiger charge is 2.19. The highest BCUT2D eigenvalue weighted by atomic mass is 32.2. The highest BCUT2D eigenvalue weighted by Crippen LogP contribution is 2.33. The number of hydrogen-bond acceptors (Lipinski definition) is 7. The van der Waals surface area contributed by atoms with E-state index < -0.39 is 0 Å². The van der Waals surface area contributed by atoms with Gasteiger partial charge in [-0.2, -0.15) is 0 Å². The van der Waals surface area contributed by atoms with Gasteiger partial charge in [-0.15, -0.1) is 21.5 Å². The van der Waals surface area contributed by atoms with Crippen LogP contribution in [0.2, 0.25) is 0 Å². The summed E-state index contributed by atoms with van der Waals surface area (Å²) in [6, 6.07) is 18.6. The smallest absolute Gasteiger partial charge is 0.195 e. The quantitative estimate of drug-likeness (QED) is 0.328. The highest BCUT2D eigenvalue weighted by molar-refractivity contribution is 8.00. The Morgan fingerprint density at radius 1 is 1.00 bits per heavy atom. The fraction of sp³-hybridized carbons (Fsp3) is 0.318. The van der Waals surface area contributed by atoms with E-state index in [9.17, 15) is 0 Å². The van der Waals surface area contributed by atoms with E-state index in [1.54, 1.807) is 34.9 Å². The predicted octanol–water partition coefficient (Wildman–Crippen LogP) is 5.83. The number of rotatable bonds is 7. The largest absolute Gasteiger partial charge is 0.377 e. The molecule has 1 aliphatic rings. The van der Waals surface area contributed by atoms with Crippen LogP contribution in [-0.2, 0) is 10.5 Å². The van der Waals surface area contributed by atoms with Crippen LogP contribution < -0.4 is 0 Å². The molecule has 1 atom stereocenters. The molecular formula is C22H22N4OS3. The first kappa shape index (κ1) is 20.1. The van der Waals surface area contributed by atoms with Crippen LogP contribution in [0.1, 0.15) is 25.1 Å². The summed E-state index contributed by atoms with van der Waals surface area (Å²) in [5.41, 5.74) is 2.15. The van der Waals surface area contributed by atoms with E-state index in [1.807, 2.05) is 12.1 Å². The van der Waals surface area contributed by atoms with Gasteiger partial charge in [0.2, 0.25) is 0 Å². The van der Waals surface area contributed by atoms with Crippen LogP contribution in [0.25, 0.3) is 15.9 Å². The van der Waals surface area contributed by atoms with Crippen molar-refractivity contribution in [3.05, 3.63) is 60.4 Å². The fourth-order valence-electron chi connectivity index (χ4n) is 3.47. The van der Waals surface area contributed by atoms with Crippen molar-refractivity contribution in [3.8, 4) is 5.69 Å². The number of para-hydroxylation sites is 2. The molecule has 0 amide bonds. The van der Waals surface area contributed by atoms with Gasteiger partial charge in [-0.05, 0) is 43.5 Å². The molecular weight excluding hydrogens is 432 g/mol. The van der Waals surface area contributed by atoms with Gasteiger partial charge in [0, 0.05) is 18.0 Å². The Balaban J connectivity index is 1.36. The lowest BCUT2D eigenvalue weighted by Crippen LogP contribution is -2.21. The number of thiazole rings is 1. The summed E-state index contributed by atoms with van der Waals surface area (Å²) in [4.78, 5) is 4.74. The molecule has 1 aliphatic heterocycles. The number of thioether (sulfide) groups is 2. The summed E-state index contributed by atoms with van der Waals surface area (Å²) < 4.78 is 10.3. The van der Waals surface area contributed by atoms with E-state index in [-0.39, 0.29) is 0 Å². The molecule has 2 aromatic heterocycles. The summed E-state index contributed by atoms with van der Waals surface area (Å²) in [6.07, 6.45) is 3.87. The number of benzene rings is 2. The number of aromatic nitrogens is 4. The zero-order valence-electron chi connectivity index (χ0n) is 16.4. The predicted molar refractivity (Wildman–Crippen MR) is 125 cm³/mol. The first-order chi connectivity index (χ1) is 14.9. The van der Waals surface area contributed by atoms with E-state index in [0.29, 0.717) is 6.10 Å². The first-order valence-corrected chi connectivity index (χ1v) is 12.9. The van der Waals surface area contributed by atoms with Crippen molar-refractivity contribution in [1.82, 2.24) is 19.7 Å². The molecule has 0 spiro atoms. The lowest BCUT2D eigenvalue weighted by atomic mass is 10.1. The summed E-state index contributed by atoms with van der Waals surface area (Å²) in [5, 5.41) is 9.98. The summed E-state index contributed by atoms with van der Waals surface area (Å²) in [6.45, 7) is 0.876. The third-order valence-electron chi connectivity index (χ3n) is 4.99. The summed E-state index contributed by atoms with van der Waals surface area (Å²) in [7, 11) is 0. The van der Waals surface area contributed by atoms with Crippen LogP contribution in [0.3, 0.4) is 0 Å². The van der Waals surface area contributed by atoms with Crippen LogP contribution in [-0.4, -0.2) is 38.2 Å². The minimum Gasteiger partial charge on any atom is -0.377 e. The second-order valence-electron chi connectivity index (χ2n) is 7.11. The van der Waals surface area contributed by atoms with Gasteiger partial charge < -0.3 is 4.74 Å².